The van der Waals surface area contributed by atoms with Crippen molar-refractivity contribution < 1.29 is 9.53 Å². The quantitative estimate of drug-likeness (QED) is 0.268. The number of rotatable bonds is 11. The monoisotopic (exact) mass is 432 g/mol. The van der Waals surface area contributed by atoms with E-state index in [2.05, 4.69) is 28.0 Å². The molecule has 0 aliphatic carbocycles. The minimum absolute atomic E-state index is 0.172. The van der Waals surface area contributed by atoms with Crippen LogP contribution in [0.4, 0.5) is 5.69 Å². The Hall–Kier alpha value is -1.50. The van der Waals surface area contributed by atoms with Crippen LogP contribution in [-0.2, 0) is 0 Å². The number of carbonyl (C=O) groups excluding carboxylic acids is 1. The van der Waals surface area contributed by atoms with Crippen LogP contribution in [0.5, 0.6) is 5.75 Å². The van der Waals surface area contributed by atoms with Crippen LogP contribution in [0.25, 0.3) is 0 Å². The highest BCUT2D eigenvalue weighted by Gasteiger charge is 2.18. The van der Waals surface area contributed by atoms with E-state index in [4.69, 9.17) is 4.74 Å². The lowest BCUT2D eigenvalue weighted by Gasteiger charge is -2.36. The van der Waals surface area contributed by atoms with Gasteiger partial charge in [0.15, 0.2) is 5.78 Å². The smallest absolute Gasteiger partial charge is 0.169 e. The minimum Gasteiger partial charge on any atom is -0.495 e. The number of anilines is 1. The van der Waals surface area contributed by atoms with Crippen molar-refractivity contribution in [1.29, 1.82) is 0 Å². The molecule has 29 heavy (non-hydrogen) atoms. The highest BCUT2D eigenvalue weighted by molar-refractivity contribution is 8.01. The first kappa shape index (κ1) is 22.2. The molecule has 0 saturated carbocycles. The molecule has 3 rings (SSSR count). The first-order chi connectivity index (χ1) is 14.2. The van der Waals surface area contributed by atoms with Crippen LogP contribution in [0.3, 0.4) is 0 Å². The normalized spacial score (nSPS) is 14.9. The van der Waals surface area contributed by atoms with Gasteiger partial charge in [-0.05, 0) is 56.3 Å². The van der Waals surface area contributed by atoms with E-state index in [1.165, 1.54) is 42.1 Å². The molecule has 0 bridgehead atoms. The van der Waals surface area contributed by atoms with Crippen LogP contribution >= 0.6 is 23.1 Å². The second-order valence-electron chi connectivity index (χ2n) is 7.44. The summed E-state index contributed by atoms with van der Waals surface area (Å²) >= 11 is 3.51. The number of hydrogen-bond donors (Lipinski definition) is 0. The number of ether oxygens (including phenoxy) is 1. The molecule has 2 aromatic rings. The van der Waals surface area contributed by atoms with Crippen LogP contribution in [0.1, 0.15) is 42.3 Å². The van der Waals surface area contributed by atoms with Gasteiger partial charge in [0, 0.05) is 26.2 Å². The van der Waals surface area contributed by atoms with Crippen LogP contribution in [0.15, 0.2) is 40.6 Å². The third-order valence-corrected chi connectivity index (χ3v) is 7.84. The number of methoxy groups -OCH3 is 1. The fourth-order valence-corrected chi connectivity index (χ4v) is 5.76. The molecule has 4 nitrogen and oxygen atoms in total. The zero-order chi connectivity index (χ0) is 20.5. The summed E-state index contributed by atoms with van der Waals surface area (Å²) in [4.78, 5) is 17.3. The Morgan fingerprint density at radius 3 is 2.52 bits per heavy atom. The Morgan fingerprint density at radius 2 is 1.79 bits per heavy atom. The zero-order valence-electron chi connectivity index (χ0n) is 17.6. The lowest BCUT2D eigenvalue weighted by atomic mass is 10.2. The van der Waals surface area contributed by atoms with Gasteiger partial charge < -0.3 is 9.64 Å². The number of thioether (sulfide) groups is 1. The molecule has 0 radical (unpaired) electrons. The number of piperazine rings is 1. The molecule has 1 aromatic heterocycles. The van der Waals surface area contributed by atoms with Gasteiger partial charge in [-0.25, -0.2) is 0 Å². The van der Waals surface area contributed by atoms with Crippen molar-refractivity contribution in [1.82, 2.24) is 4.90 Å². The highest BCUT2D eigenvalue weighted by atomic mass is 32.2. The molecule has 2 heterocycles. The van der Waals surface area contributed by atoms with Gasteiger partial charge >= 0.3 is 0 Å². The van der Waals surface area contributed by atoms with E-state index in [9.17, 15) is 4.79 Å². The Balaban J connectivity index is 1.25. The summed E-state index contributed by atoms with van der Waals surface area (Å²) in [6, 6.07) is 12.3. The maximum Gasteiger partial charge on any atom is 0.169 e. The molecule has 6 heteroatoms. The predicted molar refractivity (Wildman–Crippen MR) is 125 cm³/mol. The fourth-order valence-electron chi connectivity index (χ4n) is 3.65. The molecule has 0 unspecified atom stereocenters. The molecule has 1 aliphatic rings. The Labute approximate surface area is 183 Å². The van der Waals surface area contributed by atoms with Gasteiger partial charge in [-0.3, -0.25) is 9.69 Å². The minimum atomic E-state index is 0.172. The predicted octanol–water partition coefficient (Wildman–Crippen LogP) is 5.43. The third-order valence-electron chi connectivity index (χ3n) is 5.34. The van der Waals surface area contributed by atoms with E-state index >= 15 is 0 Å². The number of ketones is 1. The molecule has 0 atom stereocenters. The fraction of sp³-hybridized carbons (Fsp3) is 0.522. The molecular weight excluding hydrogens is 400 g/mol. The van der Waals surface area contributed by atoms with Crippen LogP contribution in [-0.4, -0.2) is 56.3 Å². The number of nitrogens with zero attached hydrogens (tertiary/aromatic N) is 2. The van der Waals surface area contributed by atoms with Crippen molar-refractivity contribution in [2.75, 3.05) is 50.5 Å². The molecule has 1 aromatic carbocycles. The second kappa shape index (κ2) is 11.6. The van der Waals surface area contributed by atoms with Gasteiger partial charge in [0.1, 0.15) is 5.75 Å². The summed E-state index contributed by atoms with van der Waals surface area (Å²) in [5, 5.41) is 0. The summed E-state index contributed by atoms with van der Waals surface area (Å²) in [7, 11) is 1.75. The molecule has 1 saturated heterocycles. The van der Waals surface area contributed by atoms with Crippen LogP contribution < -0.4 is 9.64 Å². The van der Waals surface area contributed by atoms with E-state index in [1.807, 2.05) is 30.0 Å². The highest BCUT2D eigenvalue weighted by Crippen LogP contribution is 2.29. The van der Waals surface area contributed by atoms with Gasteiger partial charge in [-0.1, -0.05) is 25.0 Å². The van der Waals surface area contributed by atoms with Crippen molar-refractivity contribution in [3.8, 4) is 5.75 Å². The average Bonchev–Trinajstić information content (AvgIpc) is 3.23. The number of hydrogen-bond acceptors (Lipinski definition) is 6. The first-order valence-electron chi connectivity index (χ1n) is 10.5. The van der Waals surface area contributed by atoms with Gasteiger partial charge in [0.2, 0.25) is 0 Å². The van der Waals surface area contributed by atoms with Gasteiger partial charge in [0.05, 0.1) is 21.9 Å². The van der Waals surface area contributed by atoms with E-state index in [0.717, 1.165) is 42.6 Å². The van der Waals surface area contributed by atoms with Gasteiger partial charge in [-0.15, -0.1) is 23.1 Å². The van der Waals surface area contributed by atoms with E-state index in [-0.39, 0.29) is 5.78 Å². The maximum absolute atomic E-state index is 11.3. The number of benzene rings is 1. The van der Waals surface area contributed by atoms with Crippen molar-refractivity contribution in [3.05, 3.63) is 41.3 Å². The van der Waals surface area contributed by atoms with Gasteiger partial charge in [0.25, 0.3) is 0 Å². The molecule has 0 N–H and O–H groups in total. The summed E-state index contributed by atoms with van der Waals surface area (Å²) in [6.45, 7) is 7.24. The van der Waals surface area contributed by atoms with E-state index in [1.54, 1.807) is 25.4 Å². The van der Waals surface area contributed by atoms with E-state index < -0.39 is 0 Å². The molecule has 0 spiro atoms. The molecule has 0 amide bonds. The first-order valence-corrected chi connectivity index (χ1v) is 12.3. The van der Waals surface area contributed by atoms with Gasteiger partial charge in [-0.2, -0.15) is 0 Å². The summed E-state index contributed by atoms with van der Waals surface area (Å²) < 4.78 is 6.77. The topological polar surface area (TPSA) is 32.8 Å². The summed E-state index contributed by atoms with van der Waals surface area (Å²) in [5.74, 6) is 2.29. The summed E-state index contributed by atoms with van der Waals surface area (Å²) in [6.07, 6.45) is 5.13. The lowest BCUT2D eigenvalue weighted by Crippen LogP contribution is -2.46. The second-order valence-corrected chi connectivity index (χ2v) is 9.92. The maximum atomic E-state index is 11.3. The molecule has 1 fully saturated rings. The standard InChI is InChI=1S/C23H32N2O2S2/c1-19(26)22-11-12-23(29-22)28-18-8-4-3-7-13-24-14-16-25(17-15-24)20-9-5-6-10-21(20)27-2/h5-6,9-12H,3-4,7-8,13-18H2,1-2H3. The average molecular weight is 433 g/mol. The van der Waals surface area contributed by atoms with E-state index in [0.29, 0.717) is 0 Å². The van der Waals surface area contributed by atoms with Crippen LogP contribution in [0.2, 0.25) is 0 Å². The zero-order valence-corrected chi connectivity index (χ0v) is 19.2. The largest absolute Gasteiger partial charge is 0.495 e. The number of thiophene rings is 1. The molecule has 158 valence electrons. The van der Waals surface area contributed by atoms with Crippen molar-refractivity contribution in [2.24, 2.45) is 0 Å². The number of unbranched alkanes of at least 4 members (excludes halogenated alkanes) is 3. The summed E-state index contributed by atoms with van der Waals surface area (Å²) in [5.41, 5.74) is 1.22. The van der Waals surface area contributed by atoms with Crippen LogP contribution in [0, 0.1) is 0 Å². The molecular formula is C23H32N2O2S2. The SMILES string of the molecule is COc1ccccc1N1CCN(CCCCCCSc2ccc(C(C)=O)s2)CC1. The van der Waals surface area contributed by atoms with Crippen molar-refractivity contribution in [2.45, 2.75) is 36.8 Å². The molecule has 1 aliphatic heterocycles. The van der Waals surface area contributed by atoms with Crippen molar-refractivity contribution >= 4 is 34.6 Å². The number of carbonyl (C=O) groups is 1. The third kappa shape index (κ3) is 6.76. The number of Topliss-reactive ketones (excluding diaryl/α,β-unsaturated/α-hetero) is 1. The Kier molecular flexibility index (Phi) is 8.90. The lowest BCUT2D eigenvalue weighted by molar-refractivity contribution is 0.102. The Morgan fingerprint density at radius 1 is 1.03 bits per heavy atom. The number of para-hydroxylation sites is 2. The Bertz CT molecular complexity index is 770. The van der Waals surface area contributed by atoms with Crippen molar-refractivity contribution in [3.63, 3.8) is 0 Å².